The number of benzene rings is 2. The molecule has 0 amide bonds. The number of ether oxygens (including phenoxy) is 1. The number of hydrogen-bond acceptors (Lipinski definition) is 2. The van der Waals surface area contributed by atoms with Gasteiger partial charge in [0.15, 0.2) is 0 Å². The van der Waals surface area contributed by atoms with E-state index in [4.69, 9.17) is 4.74 Å². The highest BCUT2D eigenvalue weighted by Crippen LogP contribution is 2.30. The van der Waals surface area contributed by atoms with Crippen molar-refractivity contribution in [1.82, 2.24) is 0 Å². The monoisotopic (exact) mass is 246 g/mol. The first-order valence-electron chi connectivity index (χ1n) is 5.99. The SMILES string of the molecule is CCCOc1ccc2ccccc2c1CSC. The maximum absolute atomic E-state index is 5.83. The molecule has 0 N–H and O–H groups in total. The Hall–Kier alpha value is -1.15. The van der Waals surface area contributed by atoms with Crippen LogP contribution in [0.1, 0.15) is 18.9 Å². The van der Waals surface area contributed by atoms with Crippen LogP contribution in [0.25, 0.3) is 10.8 Å². The van der Waals surface area contributed by atoms with Gasteiger partial charge in [-0.15, -0.1) is 0 Å². The van der Waals surface area contributed by atoms with E-state index in [0.29, 0.717) is 0 Å². The molecule has 0 bridgehead atoms. The van der Waals surface area contributed by atoms with Crippen LogP contribution in [0.3, 0.4) is 0 Å². The Morgan fingerprint density at radius 2 is 1.94 bits per heavy atom. The average molecular weight is 246 g/mol. The van der Waals surface area contributed by atoms with Crippen LogP contribution in [0.2, 0.25) is 0 Å². The first-order chi connectivity index (χ1) is 8.36. The van der Waals surface area contributed by atoms with Crippen molar-refractivity contribution in [1.29, 1.82) is 0 Å². The molecule has 0 fully saturated rings. The van der Waals surface area contributed by atoms with Gasteiger partial charge in [-0.3, -0.25) is 0 Å². The van der Waals surface area contributed by atoms with Gasteiger partial charge in [0.05, 0.1) is 6.61 Å². The molecule has 0 heterocycles. The van der Waals surface area contributed by atoms with Crippen molar-refractivity contribution in [3.63, 3.8) is 0 Å². The fourth-order valence-electron chi connectivity index (χ4n) is 1.96. The van der Waals surface area contributed by atoms with Gasteiger partial charge in [0.1, 0.15) is 5.75 Å². The molecule has 0 aromatic heterocycles. The summed E-state index contributed by atoms with van der Waals surface area (Å²) in [4.78, 5) is 0. The molecule has 0 aliphatic heterocycles. The summed E-state index contributed by atoms with van der Waals surface area (Å²) >= 11 is 1.84. The highest BCUT2D eigenvalue weighted by molar-refractivity contribution is 7.97. The summed E-state index contributed by atoms with van der Waals surface area (Å²) in [6.07, 6.45) is 3.18. The lowest BCUT2D eigenvalue weighted by molar-refractivity contribution is 0.315. The Labute approximate surface area is 107 Å². The standard InChI is InChI=1S/C15H18OS/c1-3-10-16-15-9-8-12-6-4-5-7-13(12)14(15)11-17-2/h4-9H,3,10-11H2,1-2H3. The molecule has 0 spiro atoms. The van der Waals surface area contributed by atoms with Gasteiger partial charge < -0.3 is 4.74 Å². The topological polar surface area (TPSA) is 9.23 Å². The Bertz CT molecular complexity index is 493. The summed E-state index contributed by atoms with van der Waals surface area (Å²) in [6.45, 7) is 2.93. The zero-order valence-corrected chi connectivity index (χ0v) is 11.2. The lowest BCUT2D eigenvalue weighted by Gasteiger charge is -2.13. The van der Waals surface area contributed by atoms with Crippen LogP contribution >= 0.6 is 11.8 Å². The van der Waals surface area contributed by atoms with Crippen molar-refractivity contribution in [3.8, 4) is 5.75 Å². The fourth-order valence-corrected chi connectivity index (χ4v) is 2.54. The van der Waals surface area contributed by atoms with E-state index in [0.717, 1.165) is 24.5 Å². The van der Waals surface area contributed by atoms with Crippen LogP contribution in [-0.4, -0.2) is 12.9 Å². The molecule has 0 unspecified atom stereocenters. The third-order valence-corrected chi connectivity index (χ3v) is 3.33. The summed E-state index contributed by atoms with van der Waals surface area (Å²) < 4.78 is 5.83. The zero-order valence-electron chi connectivity index (χ0n) is 10.4. The van der Waals surface area contributed by atoms with Gasteiger partial charge in [-0.1, -0.05) is 37.3 Å². The molecule has 1 nitrogen and oxygen atoms in total. The second kappa shape index (κ2) is 5.97. The predicted octanol–water partition coefficient (Wildman–Crippen LogP) is 4.49. The van der Waals surface area contributed by atoms with Crippen LogP contribution in [-0.2, 0) is 5.75 Å². The second-order valence-corrected chi connectivity index (χ2v) is 4.91. The number of hydrogen-bond donors (Lipinski definition) is 0. The third kappa shape index (κ3) is 2.75. The van der Waals surface area contributed by atoms with E-state index in [1.165, 1.54) is 16.3 Å². The quantitative estimate of drug-likeness (QED) is 0.768. The minimum absolute atomic E-state index is 0.791. The van der Waals surface area contributed by atoms with E-state index in [9.17, 15) is 0 Å². The smallest absolute Gasteiger partial charge is 0.123 e. The molecule has 0 saturated heterocycles. The molecule has 2 heteroatoms. The van der Waals surface area contributed by atoms with Crippen molar-refractivity contribution in [2.24, 2.45) is 0 Å². The van der Waals surface area contributed by atoms with Crippen molar-refractivity contribution >= 4 is 22.5 Å². The van der Waals surface area contributed by atoms with Crippen LogP contribution in [0.15, 0.2) is 36.4 Å². The van der Waals surface area contributed by atoms with E-state index in [1.54, 1.807) is 0 Å². The van der Waals surface area contributed by atoms with Crippen molar-refractivity contribution in [2.45, 2.75) is 19.1 Å². The van der Waals surface area contributed by atoms with Crippen molar-refractivity contribution in [2.75, 3.05) is 12.9 Å². The molecule has 2 aromatic rings. The van der Waals surface area contributed by atoms with Crippen LogP contribution in [0, 0.1) is 0 Å². The normalized spacial score (nSPS) is 10.7. The number of thioether (sulfide) groups is 1. The predicted molar refractivity (Wildman–Crippen MR) is 77.0 cm³/mol. The molecule has 0 aliphatic carbocycles. The fraction of sp³-hybridized carbons (Fsp3) is 0.333. The van der Waals surface area contributed by atoms with Crippen LogP contribution in [0.5, 0.6) is 5.75 Å². The molecular weight excluding hydrogens is 228 g/mol. The second-order valence-electron chi connectivity index (χ2n) is 4.04. The zero-order chi connectivity index (χ0) is 12.1. The molecule has 2 rings (SSSR count). The van der Waals surface area contributed by atoms with Gasteiger partial charge in [-0.05, 0) is 29.5 Å². The summed E-state index contributed by atoms with van der Waals surface area (Å²) in [5, 5.41) is 2.61. The van der Waals surface area contributed by atoms with Gasteiger partial charge in [-0.2, -0.15) is 11.8 Å². The van der Waals surface area contributed by atoms with E-state index in [2.05, 4.69) is 49.6 Å². The van der Waals surface area contributed by atoms with Gasteiger partial charge in [0.25, 0.3) is 0 Å². The summed E-state index contributed by atoms with van der Waals surface area (Å²) in [5.74, 6) is 2.04. The summed E-state index contributed by atoms with van der Waals surface area (Å²) in [6, 6.07) is 12.8. The van der Waals surface area contributed by atoms with E-state index in [1.807, 2.05) is 11.8 Å². The number of fused-ring (bicyclic) bond motifs is 1. The molecule has 2 aromatic carbocycles. The Morgan fingerprint density at radius 3 is 2.71 bits per heavy atom. The van der Waals surface area contributed by atoms with Gasteiger partial charge in [-0.25, -0.2) is 0 Å². The Morgan fingerprint density at radius 1 is 1.12 bits per heavy atom. The minimum atomic E-state index is 0.791. The molecule has 0 saturated carbocycles. The minimum Gasteiger partial charge on any atom is -0.493 e. The highest BCUT2D eigenvalue weighted by atomic mass is 32.2. The van der Waals surface area contributed by atoms with Gasteiger partial charge >= 0.3 is 0 Å². The number of rotatable bonds is 5. The molecule has 0 aliphatic rings. The third-order valence-electron chi connectivity index (χ3n) is 2.75. The maximum Gasteiger partial charge on any atom is 0.123 e. The van der Waals surface area contributed by atoms with Crippen LogP contribution < -0.4 is 4.74 Å². The Balaban J connectivity index is 2.47. The maximum atomic E-state index is 5.83. The average Bonchev–Trinajstić information content (AvgIpc) is 2.38. The van der Waals surface area contributed by atoms with Gasteiger partial charge in [0.2, 0.25) is 0 Å². The van der Waals surface area contributed by atoms with Crippen LogP contribution in [0.4, 0.5) is 0 Å². The Kier molecular flexibility index (Phi) is 4.32. The molecular formula is C15H18OS. The molecule has 17 heavy (non-hydrogen) atoms. The van der Waals surface area contributed by atoms with Crippen molar-refractivity contribution < 1.29 is 4.74 Å². The summed E-state index contributed by atoms with van der Waals surface area (Å²) in [5.41, 5.74) is 1.32. The van der Waals surface area contributed by atoms with Gasteiger partial charge in [0, 0.05) is 11.3 Å². The van der Waals surface area contributed by atoms with E-state index < -0.39 is 0 Å². The lowest BCUT2D eigenvalue weighted by atomic mass is 10.0. The molecule has 90 valence electrons. The first kappa shape index (κ1) is 12.3. The molecule has 0 atom stereocenters. The lowest BCUT2D eigenvalue weighted by Crippen LogP contribution is -1.99. The van der Waals surface area contributed by atoms with Crippen molar-refractivity contribution in [3.05, 3.63) is 42.0 Å². The largest absolute Gasteiger partial charge is 0.493 e. The summed E-state index contributed by atoms with van der Waals surface area (Å²) in [7, 11) is 0. The van der Waals surface area contributed by atoms with E-state index >= 15 is 0 Å². The molecule has 0 radical (unpaired) electrons. The highest BCUT2D eigenvalue weighted by Gasteiger charge is 2.07. The van der Waals surface area contributed by atoms with E-state index in [-0.39, 0.29) is 0 Å². The first-order valence-corrected chi connectivity index (χ1v) is 7.38.